The fourth-order valence-corrected chi connectivity index (χ4v) is 4.58. The number of nitrogens with zero attached hydrogens (tertiary/aromatic N) is 1. The Morgan fingerprint density at radius 1 is 1.20 bits per heavy atom. The zero-order valence-corrected chi connectivity index (χ0v) is 15.2. The summed E-state index contributed by atoms with van der Waals surface area (Å²) >= 11 is 0. The summed E-state index contributed by atoms with van der Waals surface area (Å²) < 4.78 is 25.3. The maximum absolute atomic E-state index is 12.4. The fourth-order valence-electron chi connectivity index (χ4n) is 3.32. The second-order valence-electron chi connectivity index (χ2n) is 6.45. The van der Waals surface area contributed by atoms with Crippen molar-refractivity contribution in [3.63, 3.8) is 0 Å². The van der Waals surface area contributed by atoms with E-state index < -0.39 is 10.0 Å². The van der Waals surface area contributed by atoms with Gasteiger partial charge in [-0.25, -0.2) is 8.42 Å². The Kier molecular flexibility index (Phi) is 4.81. The molecule has 132 valence electrons. The van der Waals surface area contributed by atoms with Gasteiger partial charge in [-0.15, -0.1) is 0 Å². The van der Waals surface area contributed by atoms with E-state index in [1.165, 1.54) is 16.1 Å². The fraction of sp³-hybridized carbons (Fsp3) is 0.316. The van der Waals surface area contributed by atoms with Crippen LogP contribution in [0.2, 0.25) is 0 Å². The molecule has 1 N–H and O–H groups in total. The molecule has 0 saturated heterocycles. The largest absolute Gasteiger partial charge is 0.352 e. The third-order valence-electron chi connectivity index (χ3n) is 4.39. The Bertz CT molecular complexity index is 879. The van der Waals surface area contributed by atoms with Gasteiger partial charge in [0, 0.05) is 18.2 Å². The Morgan fingerprint density at radius 2 is 1.92 bits per heavy atom. The molecule has 1 aliphatic rings. The lowest BCUT2D eigenvalue weighted by molar-refractivity contribution is 0.0954. The first kappa shape index (κ1) is 17.5. The van der Waals surface area contributed by atoms with E-state index in [9.17, 15) is 13.2 Å². The summed E-state index contributed by atoms with van der Waals surface area (Å²) in [6.07, 6.45) is 2.60. The molecule has 3 rings (SSSR count). The number of amides is 1. The number of hydrogen-bond donors (Lipinski definition) is 1. The molecule has 0 bridgehead atoms. The highest BCUT2D eigenvalue weighted by atomic mass is 32.2. The van der Waals surface area contributed by atoms with Gasteiger partial charge in [0.15, 0.2) is 0 Å². The summed E-state index contributed by atoms with van der Waals surface area (Å²) in [4.78, 5) is 12.4. The molecule has 1 unspecified atom stereocenters. The van der Waals surface area contributed by atoms with Crippen LogP contribution in [0, 0.1) is 0 Å². The molecule has 0 radical (unpaired) electrons. The molecule has 1 aliphatic heterocycles. The van der Waals surface area contributed by atoms with Crippen LogP contribution in [0.25, 0.3) is 0 Å². The van der Waals surface area contributed by atoms with E-state index in [0.29, 0.717) is 24.2 Å². The first-order valence-electron chi connectivity index (χ1n) is 8.31. The summed E-state index contributed by atoms with van der Waals surface area (Å²) in [7, 11) is -3.31. The third-order valence-corrected chi connectivity index (χ3v) is 5.67. The highest BCUT2D eigenvalue weighted by Crippen LogP contribution is 2.34. The smallest absolute Gasteiger partial charge is 0.251 e. The minimum absolute atomic E-state index is 0.124. The lowest BCUT2D eigenvalue weighted by atomic mass is 10.1. The number of benzene rings is 2. The molecule has 0 spiro atoms. The first-order valence-corrected chi connectivity index (χ1v) is 10.2. The van der Waals surface area contributed by atoms with Crippen LogP contribution in [0.1, 0.15) is 28.4 Å². The maximum atomic E-state index is 12.4. The van der Waals surface area contributed by atoms with Gasteiger partial charge in [0.25, 0.3) is 5.91 Å². The van der Waals surface area contributed by atoms with Crippen molar-refractivity contribution >= 4 is 21.6 Å². The highest BCUT2D eigenvalue weighted by molar-refractivity contribution is 7.92. The van der Waals surface area contributed by atoms with Gasteiger partial charge in [0.1, 0.15) is 0 Å². The normalized spacial score (nSPS) is 16.6. The zero-order chi connectivity index (χ0) is 18.0. The first-order chi connectivity index (χ1) is 11.9. The van der Waals surface area contributed by atoms with E-state index in [1.807, 2.05) is 37.3 Å². The topological polar surface area (TPSA) is 66.5 Å². The van der Waals surface area contributed by atoms with Gasteiger partial charge in [0.05, 0.1) is 11.9 Å². The van der Waals surface area contributed by atoms with Crippen molar-refractivity contribution in [3.05, 3.63) is 65.2 Å². The van der Waals surface area contributed by atoms with Crippen molar-refractivity contribution < 1.29 is 13.2 Å². The minimum Gasteiger partial charge on any atom is -0.352 e. The van der Waals surface area contributed by atoms with Gasteiger partial charge in [-0.2, -0.15) is 0 Å². The maximum Gasteiger partial charge on any atom is 0.251 e. The SMILES string of the molecule is CC1Cc2cc(C(=O)NCCc3ccccc3)ccc2N1S(C)(=O)=O. The third kappa shape index (κ3) is 3.85. The van der Waals surface area contributed by atoms with E-state index in [4.69, 9.17) is 0 Å². The lowest BCUT2D eigenvalue weighted by Crippen LogP contribution is -2.34. The average molecular weight is 358 g/mol. The molecule has 5 nitrogen and oxygen atoms in total. The van der Waals surface area contributed by atoms with E-state index in [2.05, 4.69) is 5.32 Å². The molecule has 0 fully saturated rings. The predicted molar refractivity (Wildman–Crippen MR) is 99.4 cm³/mol. The van der Waals surface area contributed by atoms with Gasteiger partial charge < -0.3 is 5.32 Å². The second-order valence-corrected chi connectivity index (χ2v) is 8.31. The average Bonchev–Trinajstić information content (AvgIpc) is 2.90. The molecular weight excluding hydrogens is 336 g/mol. The molecule has 25 heavy (non-hydrogen) atoms. The quantitative estimate of drug-likeness (QED) is 0.892. The highest BCUT2D eigenvalue weighted by Gasteiger charge is 2.32. The Morgan fingerprint density at radius 3 is 2.60 bits per heavy atom. The van der Waals surface area contributed by atoms with Crippen LogP contribution >= 0.6 is 0 Å². The number of hydrogen-bond acceptors (Lipinski definition) is 3. The number of nitrogens with one attached hydrogen (secondary N) is 1. The zero-order valence-electron chi connectivity index (χ0n) is 14.4. The molecule has 6 heteroatoms. The van der Waals surface area contributed by atoms with Crippen LogP contribution < -0.4 is 9.62 Å². The Balaban J connectivity index is 1.68. The summed E-state index contributed by atoms with van der Waals surface area (Å²) in [5, 5.41) is 2.92. The molecule has 0 aliphatic carbocycles. The van der Waals surface area contributed by atoms with E-state index >= 15 is 0 Å². The molecule has 0 aromatic heterocycles. The summed E-state index contributed by atoms with van der Waals surface area (Å²) in [6.45, 7) is 2.44. The van der Waals surface area contributed by atoms with Gasteiger partial charge >= 0.3 is 0 Å². The summed E-state index contributed by atoms with van der Waals surface area (Å²) in [5.74, 6) is -0.135. The molecule has 0 saturated carbocycles. The van der Waals surface area contributed by atoms with Crippen LogP contribution in [-0.2, 0) is 22.9 Å². The number of sulfonamides is 1. The standard InChI is InChI=1S/C19H22N2O3S/c1-14-12-17-13-16(8-9-18(17)21(14)25(2,23)24)19(22)20-11-10-15-6-4-3-5-7-15/h3-9,13-14H,10-12H2,1-2H3,(H,20,22). The molecule has 2 aromatic rings. The van der Waals surface area contributed by atoms with Crippen LogP contribution in [-0.4, -0.2) is 33.2 Å². The molecule has 1 heterocycles. The van der Waals surface area contributed by atoms with Gasteiger partial charge in [-0.1, -0.05) is 30.3 Å². The predicted octanol–water partition coefficient (Wildman–Crippen LogP) is 2.37. The van der Waals surface area contributed by atoms with E-state index in [-0.39, 0.29) is 11.9 Å². The van der Waals surface area contributed by atoms with Crippen molar-refractivity contribution in [3.8, 4) is 0 Å². The molecule has 1 atom stereocenters. The number of carbonyl (C=O) groups is 1. The Hall–Kier alpha value is -2.34. The summed E-state index contributed by atoms with van der Waals surface area (Å²) in [6, 6.07) is 15.1. The monoisotopic (exact) mass is 358 g/mol. The van der Waals surface area contributed by atoms with Crippen molar-refractivity contribution in [2.45, 2.75) is 25.8 Å². The number of rotatable bonds is 5. The van der Waals surface area contributed by atoms with Gasteiger partial charge in [-0.3, -0.25) is 9.10 Å². The van der Waals surface area contributed by atoms with Gasteiger partial charge in [0.2, 0.25) is 10.0 Å². The minimum atomic E-state index is -3.31. The van der Waals surface area contributed by atoms with Crippen molar-refractivity contribution in [1.82, 2.24) is 5.32 Å². The van der Waals surface area contributed by atoms with Crippen LogP contribution in [0.3, 0.4) is 0 Å². The van der Waals surface area contributed by atoms with Crippen LogP contribution in [0.15, 0.2) is 48.5 Å². The summed E-state index contributed by atoms with van der Waals surface area (Å²) in [5.41, 5.74) is 3.31. The van der Waals surface area contributed by atoms with Gasteiger partial charge in [-0.05, 0) is 49.1 Å². The molecule has 2 aromatic carbocycles. The second kappa shape index (κ2) is 6.88. The van der Waals surface area contributed by atoms with Crippen LogP contribution in [0.4, 0.5) is 5.69 Å². The number of anilines is 1. The van der Waals surface area contributed by atoms with Crippen molar-refractivity contribution in [2.75, 3.05) is 17.1 Å². The number of fused-ring (bicyclic) bond motifs is 1. The van der Waals surface area contributed by atoms with E-state index in [1.54, 1.807) is 18.2 Å². The van der Waals surface area contributed by atoms with Crippen LogP contribution in [0.5, 0.6) is 0 Å². The Labute approximate surface area is 148 Å². The van der Waals surface area contributed by atoms with Crippen molar-refractivity contribution in [2.24, 2.45) is 0 Å². The molecular formula is C19H22N2O3S. The lowest BCUT2D eigenvalue weighted by Gasteiger charge is -2.21. The van der Waals surface area contributed by atoms with Crippen molar-refractivity contribution in [1.29, 1.82) is 0 Å². The molecule has 1 amide bonds. The number of carbonyl (C=O) groups excluding carboxylic acids is 1. The van der Waals surface area contributed by atoms with E-state index in [0.717, 1.165) is 12.0 Å².